The molecule has 1 nitrogen and oxygen atoms in total. The van der Waals surface area contributed by atoms with Crippen molar-refractivity contribution < 1.29 is 5.11 Å². The molecule has 2 rings (SSSR count). The Hall–Kier alpha value is 0.130. The Labute approximate surface area is 119 Å². The van der Waals surface area contributed by atoms with Gasteiger partial charge in [-0.05, 0) is 39.5 Å². The topological polar surface area (TPSA) is 20.2 Å². The molecule has 1 aromatic heterocycles. The highest BCUT2D eigenvalue weighted by molar-refractivity contribution is 9.10. The van der Waals surface area contributed by atoms with Crippen LogP contribution >= 0.6 is 54.8 Å². The first kappa shape index (κ1) is 12.6. The van der Waals surface area contributed by atoms with E-state index in [9.17, 15) is 5.11 Å². The van der Waals surface area contributed by atoms with Gasteiger partial charge in [0.1, 0.15) is 6.10 Å². The Bertz CT molecular complexity index is 512. The molecule has 1 unspecified atom stereocenters. The van der Waals surface area contributed by atoms with Gasteiger partial charge in [-0.3, -0.25) is 0 Å². The maximum absolute atomic E-state index is 10.2. The van der Waals surface area contributed by atoms with Gasteiger partial charge in [0.25, 0.3) is 0 Å². The monoisotopic (exact) mass is 380 g/mol. The third-order valence-corrected chi connectivity index (χ3v) is 4.78. The van der Waals surface area contributed by atoms with Crippen LogP contribution in [-0.2, 0) is 0 Å². The highest BCUT2D eigenvalue weighted by Crippen LogP contribution is 2.35. The first-order chi connectivity index (χ1) is 7.59. The van der Waals surface area contributed by atoms with Gasteiger partial charge in [-0.15, -0.1) is 0 Å². The molecule has 1 aromatic carbocycles. The molecular weight excluding hydrogens is 375 g/mol. The zero-order valence-corrected chi connectivity index (χ0v) is 12.7. The quantitative estimate of drug-likeness (QED) is 0.774. The van der Waals surface area contributed by atoms with Crippen molar-refractivity contribution in [1.29, 1.82) is 0 Å². The molecule has 0 aliphatic rings. The molecule has 1 N–H and O–H groups in total. The van der Waals surface area contributed by atoms with E-state index in [0.717, 1.165) is 14.5 Å². The minimum atomic E-state index is -0.703. The van der Waals surface area contributed by atoms with Crippen LogP contribution in [0, 0.1) is 0 Å². The van der Waals surface area contributed by atoms with Gasteiger partial charge < -0.3 is 5.11 Å². The van der Waals surface area contributed by atoms with E-state index in [0.29, 0.717) is 10.6 Å². The fourth-order valence-electron chi connectivity index (χ4n) is 1.38. The van der Waals surface area contributed by atoms with Crippen molar-refractivity contribution in [2.45, 2.75) is 6.10 Å². The number of aliphatic hydroxyl groups is 1. The lowest BCUT2D eigenvalue weighted by atomic mass is 10.0. The second kappa shape index (κ2) is 5.19. The summed E-state index contributed by atoms with van der Waals surface area (Å²) in [4.78, 5) is 0. The molecule has 16 heavy (non-hydrogen) atoms. The molecule has 1 atom stereocenters. The molecule has 0 radical (unpaired) electrons. The molecule has 5 heteroatoms. The number of aliphatic hydroxyl groups excluding tert-OH is 1. The second-order valence-electron chi connectivity index (χ2n) is 3.24. The maximum atomic E-state index is 10.2. The van der Waals surface area contributed by atoms with Gasteiger partial charge in [0.15, 0.2) is 0 Å². The molecule has 2 aromatic rings. The van der Waals surface area contributed by atoms with Crippen LogP contribution in [0.4, 0.5) is 0 Å². The van der Waals surface area contributed by atoms with Crippen LogP contribution in [0.3, 0.4) is 0 Å². The fraction of sp³-hybridized carbons (Fsp3) is 0.0909. The van der Waals surface area contributed by atoms with Crippen LogP contribution in [0.15, 0.2) is 37.9 Å². The van der Waals surface area contributed by atoms with Crippen LogP contribution in [-0.4, -0.2) is 5.11 Å². The standard InChI is InChI=1S/C11H7Br2ClOS/c12-6-1-2-10(14)7(3-6)11(15)8-4-16-5-9(8)13/h1-5,11,15H. The second-order valence-corrected chi connectivity index (χ2v) is 6.16. The predicted octanol–water partition coefficient (Wildman–Crippen LogP) is 5.01. The molecule has 0 aliphatic carbocycles. The molecule has 84 valence electrons. The van der Waals surface area contributed by atoms with E-state index < -0.39 is 6.10 Å². The lowest BCUT2D eigenvalue weighted by Gasteiger charge is -2.12. The Morgan fingerprint density at radius 3 is 2.56 bits per heavy atom. The van der Waals surface area contributed by atoms with Crippen molar-refractivity contribution in [2.24, 2.45) is 0 Å². The number of hydrogen-bond donors (Lipinski definition) is 1. The van der Waals surface area contributed by atoms with E-state index in [1.807, 2.05) is 22.9 Å². The van der Waals surface area contributed by atoms with Crippen LogP contribution in [0.25, 0.3) is 0 Å². The lowest BCUT2D eigenvalue weighted by Crippen LogP contribution is -1.99. The highest BCUT2D eigenvalue weighted by Gasteiger charge is 2.17. The Kier molecular flexibility index (Phi) is 4.08. The highest BCUT2D eigenvalue weighted by atomic mass is 79.9. The summed E-state index contributed by atoms with van der Waals surface area (Å²) in [5.41, 5.74) is 1.54. The Morgan fingerprint density at radius 1 is 1.19 bits per heavy atom. The number of rotatable bonds is 2. The van der Waals surface area contributed by atoms with E-state index in [1.54, 1.807) is 6.07 Å². The summed E-state index contributed by atoms with van der Waals surface area (Å²) in [5, 5.41) is 14.6. The molecule has 0 aliphatic heterocycles. The van der Waals surface area contributed by atoms with Gasteiger partial charge >= 0.3 is 0 Å². The summed E-state index contributed by atoms with van der Waals surface area (Å²) in [7, 11) is 0. The molecule has 0 saturated heterocycles. The Morgan fingerprint density at radius 2 is 1.94 bits per heavy atom. The summed E-state index contributed by atoms with van der Waals surface area (Å²) >= 11 is 14.4. The summed E-state index contributed by atoms with van der Waals surface area (Å²) in [5.74, 6) is 0. The van der Waals surface area contributed by atoms with Crippen molar-refractivity contribution in [3.8, 4) is 0 Å². The zero-order valence-electron chi connectivity index (χ0n) is 7.95. The van der Waals surface area contributed by atoms with Crippen LogP contribution in [0.2, 0.25) is 5.02 Å². The van der Waals surface area contributed by atoms with E-state index in [-0.39, 0.29) is 0 Å². The van der Waals surface area contributed by atoms with Crippen LogP contribution in [0.5, 0.6) is 0 Å². The number of halogens is 3. The molecule has 1 heterocycles. The summed E-state index contributed by atoms with van der Waals surface area (Å²) in [6.45, 7) is 0. The lowest BCUT2D eigenvalue weighted by molar-refractivity contribution is 0.220. The van der Waals surface area contributed by atoms with Crippen molar-refractivity contribution in [3.63, 3.8) is 0 Å². The number of thiophene rings is 1. The van der Waals surface area contributed by atoms with Gasteiger partial charge in [0, 0.05) is 30.5 Å². The van der Waals surface area contributed by atoms with Crippen LogP contribution in [0.1, 0.15) is 17.2 Å². The first-order valence-corrected chi connectivity index (χ1v) is 7.35. The average Bonchev–Trinajstić information content (AvgIpc) is 2.67. The normalized spacial score (nSPS) is 12.8. The van der Waals surface area contributed by atoms with E-state index in [4.69, 9.17) is 11.6 Å². The van der Waals surface area contributed by atoms with Crippen LogP contribution < -0.4 is 0 Å². The minimum Gasteiger partial charge on any atom is -0.384 e. The van der Waals surface area contributed by atoms with Crippen molar-refractivity contribution in [2.75, 3.05) is 0 Å². The third-order valence-electron chi connectivity index (χ3n) is 2.19. The molecule has 0 spiro atoms. The van der Waals surface area contributed by atoms with E-state index in [2.05, 4.69) is 31.9 Å². The van der Waals surface area contributed by atoms with Crippen molar-refractivity contribution in [3.05, 3.63) is 54.1 Å². The summed E-state index contributed by atoms with van der Waals surface area (Å²) < 4.78 is 1.80. The van der Waals surface area contributed by atoms with Gasteiger partial charge in [-0.1, -0.05) is 27.5 Å². The van der Waals surface area contributed by atoms with E-state index >= 15 is 0 Å². The maximum Gasteiger partial charge on any atom is 0.107 e. The van der Waals surface area contributed by atoms with E-state index in [1.165, 1.54) is 11.3 Å². The molecule has 0 fully saturated rings. The van der Waals surface area contributed by atoms with Gasteiger partial charge in [0.2, 0.25) is 0 Å². The van der Waals surface area contributed by atoms with Crippen molar-refractivity contribution in [1.82, 2.24) is 0 Å². The number of benzene rings is 1. The predicted molar refractivity (Wildman–Crippen MR) is 75.2 cm³/mol. The molecule has 0 bridgehead atoms. The molecule has 0 amide bonds. The fourth-order valence-corrected chi connectivity index (χ4v) is 3.51. The zero-order chi connectivity index (χ0) is 11.7. The summed E-state index contributed by atoms with van der Waals surface area (Å²) in [6.07, 6.45) is -0.703. The first-order valence-electron chi connectivity index (χ1n) is 4.44. The minimum absolute atomic E-state index is 0.564. The van der Waals surface area contributed by atoms with Gasteiger partial charge in [0.05, 0.1) is 0 Å². The smallest absolute Gasteiger partial charge is 0.107 e. The molecule has 0 saturated carbocycles. The van der Waals surface area contributed by atoms with Crippen molar-refractivity contribution >= 4 is 54.8 Å². The molecular formula is C11H7Br2ClOS. The average molecular weight is 383 g/mol. The van der Waals surface area contributed by atoms with Gasteiger partial charge in [-0.25, -0.2) is 0 Å². The number of hydrogen-bond acceptors (Lipinski definition) is 2. The largest absolute Gasteiger partial charge is 0.384 e. The summed E-state index contributed by atoms with van der Waals surface area (Å²) in [6, 6.07) is 5.45. The third kappa shape index (κ3) is 2.51. The Balaban J connectivity index is 2.45. The van der Waals surface area contributed by atoms with Gasteiger partial charge in [-0.2, -0.15) is 11.3 Å². The SMILES string of the molecule is OC(c1cc(Br)ccc1Cl)c1cscc1Br.